The van der Waals surface area contributed by atoms with Crippen LogP contribution in [0.25, 0.3) is 27.8 Å². The van der Waals surface area contributed by atoms with Gasteiger partial charge in [-0.05, 0) is 79.6 Å². The summed E-state index contributed by atoms with van der Waals surface area (Å²) in [5.74, 6) is 1.09. The van der Waals surface area contributed by atoms with Crippen molar-refractivity contribution in [2.24, 2.45) is 0 Å². The van der Waals surface area contributed by atoms with Crippen LogP contribution in [0, 0.1) is 6.92 Å². The highest BCUT2D eigenvalue weighted by Crippen LogP contribution is 2.38. The molecule has 0 amide bonds. The van der Waals surface area contributed by atoms with Gasteiger partial charge in [-0.2, -0.15) is 5.10 Å². The first-order valence-electron chi connectivity index (χ1n) is 10.3. The van der Waals surface area contributed by atoms with E-state index in [0.29, 0.717) is 11.8 Å². The minimum absolute atomic E-state index is 0. The quantitative estimate of drug-likeness (QED) is 0.430. The van der Waals surface area contributed by atoms with Crippen molar-refractivity contribution in [3.63, 3.8) is 0 Å². The summed E-state index contributed by atoms with van der Waals surface area (Å²) in [6.07, 6.45) is 6.15. The number of aromatic nitrogens is 4. The number of aromatic amines is 1. The van der Waals surface area contributed by atoms with E-state index in [1.807, 2.05) is 4.52 Å². The molecule has 1 aromatic carbocycles. The van der Waals surface area contributed by atoms with Crippen LogP contribution >= 0.6 is 24.8 Å². The fourth-order valence-electron chi connectivity index (χ4n) is 4.70. The van der Waals surface area contributed by atoms with E-state index in [4.69, 9.17) is 0 Å². The second-order valence-corrected chi connectivity index (χ2v) is 8.34. The summed E-state index contributed by atoms with van der Waals surface area (Å²) in [6, 6.07) is 9.23. The first-order chi connectivity index (χ1) is 13.6. The van der Waals surface area contributed by atoms with Gasteiger partial charge in [0.15, 0.2) is 5.65 Å². The van der Waals surface area contributed by atoms with Gasteiger partial charge in [0, 0.05) is 22.7 Å². The van der Waals surface area contributed by atoms with E-state index in [9.17, 15) is 0 Å². The van der Waals surface area contributed by atoms with Crippen LogP contribution in [0.1, 0.15) is 55.2 Å². The lowest BCUT2D eigenvalue weighted by molar-refractivity contribution is 0.460. The number of nitrogens with zero attached hydrogens (tertiary/aromatic N) is 3. The standard InChI is InChI=1S/C23H27N5.2ClH/c1-14(2)21-19-11-17(16-6-8-24-9-7-16)4-5-20(19)27-22(21)18-10-15(3)23-25-13-26-28(23)12-18;;/h4-5,10-14,16,24,27H,6-9H2,1-3H3;2*1H. The summed E-state index contributed by atoms with van der Waals surface area (Å²) in [5, 5.41) is 9.19. The maximum atomic E-state index is 4.36. The molecule has 0 aliphatic carbocycles. The molecule has 0 saturated carbocycles. The van der Waals surface area contributed by atoms with E-state index in [0.717, 1.165) is 24.3 Å². The fourth-order valence-corrected chi connectivity index (χ4v) is 4.70. The molecule has 5 nitrogen and oxygen atoms in total. The molecule has 4 heterocycles. The predicted molar refractivity (Wildman–Crippen MR) is 128 cm³/mol. The third-order valence-corrected chi connectivity index (χ3v) is 6.10. The Bertz CT molecular complexity index is 1160. The predicted octanol–water partition coefficient (Wildman–Crippen LogP) is 5.62. The van der Waals surface area contributed by atoms with Gasteiger partial charge >= 0.3 is 0 Å². The van der Waals surface area contributed by atoms with Gasteiger partial charge in [-0.1, -0.05) is 19.9 Å². The lowest BCUT2D eigenvalue weighted by Gasteiger charge is -2.23. The smallest absolute Gasteiger partial charge is 0.158 e. The topological polar surface area (TPSA) is 58.0 Å². The molecule has 4 aromatic rings. The fraction of sp³-hybridized carbons (Fsp3) is 0.391. The zero-order chi connectivity index (χ0) is 19.3. The lowest BCUT2D eigenvalue weighted by Crippen LogP contribution is -2.26. The minimum Gasteiger partial charge on any atom is -0.354 e. The van der Waals surface area contributed by atoms with E-state index in [1.165, 1.54) is 46.1 Å². The van der Waals surface area contributed by atoms with Crippen molar-refractivity contribution >= 4 is 41.4 Å². The molecular weight excluding hydrogens is 417 g/mol. The van der Waals surface area contributed by atoms with Crippen molar-refractivity contribution in [1.29, 1.82) is 0 Å². The number of pyridine rings is 1. The Morgan fingerprint density at radius 3 is 2.60 bits per heavy atom. The van der Waals surface area contributed by atoms with Crippen molar-refractivity contribution in [2.45, 2.75) is 45.4 Å². The summed E-state index contributed by atoms with van der Waals surface area (Å²) in [4.78, 5) is 8.06. The Morgan fingerprint density at radius 1 is 1.10 bits per heavy atom. The number of nitrogens with one attached hydrogen (secondary N) is 2. The van der Waals surface area contributed by atoms with Crippen LogP contribution in [0.2, 0.25) is 0 Å². The second-order valence-electron chi connectivity index (χ2n) is 8.34. The molecule has 1 aliphatic rings. The van der Waals surface area contributed by atoms with Crippen LogP contribution in [0.3, 0.4) is 0 Å². The third-order valence-electron chi connectivity index (χ3n) is 6.10. The number of benzene rings is 1. The van der Waals surface area contributed by atoms with E-state index in [1.54, 1.807) is 6.33 Å². The van der Waals surface area contributed by atoms with Crippen molar-refractivity contribution in [2.75, 3.05) is 13.1 Å². The van der Waals surface area contributed by atoms with Crippen molar-refractivity contribution in [3.05, 3.63) is 53.5 Å². The van der Waals surface area contributed by atoms with Crippen LogP contribution in [-0.4, -0.2) is 32.7 Å². The molecule has 1 aliphatic heterocycles. The number of hydrogen-bond donors (Lipinski definition) is 2. The molecule has 3 aromatic heterocycles. The minimum atomic E-state index is 0. The van der Waals surface area contributed by atoms with E-state index in [2.05, 4.69) is 71.6 Å². The molecule has 0 spiro atoms. The monoisotopic (exact) mass is 445 g/mol. The Morgan fingerprint density at radius 2 is 1.87 bits per heavy atom. The maximum absolute atomic E-state index is 4.36. The van der Waals surface area contributed by atoms with Gasteiger partial charge in [0.1, 0.15) is 6.33 Å². The van der Waals surface area contributed by atoms with Crippen LogP contribution in [0.5, 0.6) is 0 Å². The summed E-state index contributed by atoms with van der Waals surface area (Å²) in [5.41, 5.74) is 8.51. The summed E-state index contributed by atoms with van der Waals surface area (Å²) in [7, 11) is 0. The highest BCUT2D eigenvalue weighted by molar-refractivity contribution is 5.92. The zero-order valence-corrected chi connectivity index (χ0v) is 19.2. The molecule has 5 rings (SSSR count). The van der Waals surface area contributed by atoms with Gasteiger partial charge in [-0.25, -0.2) is 9.50 Å². The van der Waals surface area contributed by atoms with Crippen LogP contribution in [0.4, 0.5) is 0 Å². The normalized spacial score (nSPS) is 14.8. The number of fused-ring (bicyclic) bond motifs is 2. The molecule has 0 bridgehead atoms. The Kier molecular flexibility index (Phi) is 6.75. The average molecular weight is 446 g/mol. The highest BCUT2D eigenvalue weighted by atomic mass is 35.5. The van der Waals surface area contributed by atoms with Gasteiger partial charge in [0.05, 0.1) is 5.69 Å². The molecule has 160 valence electrons. The van der Waals surface area contributed by atoms with Crippen LogP contribution < -0.4 is 5.32 Å². The summed E-state index contributed by atoms with van der Waals surface area (Å²) in [6.45, 7) is 8.90. The molecule has 2 N–H and O–H groups in total. The van der Waals surface area contributed by atoms with Crippen molar-refractivity contribution < 1.29 is 0 Å². The van der Waals surface area contributed by atoms with Crippen molar-refractivity contribution in [3.8, 4) is 11.3 Å². The highest BCUT2D eigenvalue weighted by Gasteiger charge is 2.20. The van der Waals surface area contributed by atoms with Crippen LogP contribution in [0.15, 0.2) is 36.8 Å². The third kappa shape index (κ3) is 3.82. The zero-order valence-electron chi connectivity index (χ0n) is 17.6. The molecule has 7 heteroatoms. The number of H-pyrrole nitrogens is 1. The van der Waals surface area contributed by atoms with Gasteiger partial charge in [0.2, 0.25) is 0 Å². The maximum Gasteiger partial charge on any atom is 0.158 e. The Labute approximate surface area is 189 Å². The molecule has 30 heavy (non-hydrogen) atoms. The first-order valence-corrected chi connectivity index (χ1v) is 10.3. The molecule has 0 radical (unpaired) electrons. The number of halogens is 2. The number of aryl methyl sites for hydroxylation is 1. The summed E-state index contributed by atoms with van der Waals surface area (Å²) < 4.78 is 1.88. The van der Waals surface area contributed by atoms with Crippen molar-refractivity contribution in [1.82, 2.24) is 24.9 Å². The van der Waals surface area contributed by atoms with Gasteiger partial charge < -0.3 is 10.3 Å². The van der Waals surface area contributed by atoms with E-state index < -0.39 is 0 Å². The molecule has 0 unspecified atom stereocenters. The Hall–Kier alpha value is -2.08. The van der Waals surface area contributed by atoms with Gasteiger partial charge in [0.25, 0.3) is 0 Å². The van der Waals surface area contributed by atoms with Gasteiger partial charge in [-0.3, -0.25) is 0 Å². The number of piperidine rings is 1. The SMILES string of the molecule is Cc1cc(-c2[nH]c3ccc(C4CCNCC4)cc3c2C(C)C)cn2ncnc12.Cl.Cl. The summed E-state index contributed by atoms with van der Waals surface area (Å²) >= 11 is 0. The average Bonchev–Trinajstić information content (AvgIpc) is 3.32. The molecule has 1 fully saturated rings. The second kappa shape index (κ2) is 8.96. The molecule has 0 atom stereocenters. The van der Waals surface area contributed by atoms with E-state index in [-0.39, 0.29) is 24.8 Å². The number of rotatable bonds is 3. The lowest BCUT2D eigenvalue weighted by atomic mass is 9.88. The van der Waals surface area contributed by atoms with Gasteiger partial charge in [-0.15, -0.1) is 24.8 Å². The Balaban J connectivity index is 0.00000128. The molecule has 1 saturated heterocycles. The largest absolute Gasteiger partial charge is 0.354 e. The van der Waals surface area contributed by atoms with E-state index >= 15 is 0 Å². The number of hydrogen-bond acceptors (Lipinski definition) is 3. The first kappa shape index (κ1) is 22.6. The molecular formula is C23H29Cl2N5. The van der Waals surface area contributed by atoms with Crippen LogP contribution in [-0.2, 0) is 0 Å².